The Bertz CT molecular complexity index is 739. The highest BCUT2D eigenvalue weighted by molar-refractivity contribution is 7.09. The number of amides is 1. The summed E-state index contributed by atoms with van der Waals surface area (Å²) in [6, 6.07) is 7.58. The highest BCUT2D eigenvalue weighted by atomic mass is 32.1. The molecule has 1 unspecified atom stereocenters. The van der Waals surface area contributed by atoms with Gasteiger partial charge in [0.05, 0.1) is 5.69 Å². The fourth-order valence-corrected chi connectivity index (χ4v) is 4.02. The monoisotopic (exact) mass is 388 g/mol. The van der Waals surface area contributed by atoms with Crippen molar-refractivity contribution >= 4 is 17.2 Å². The molecule has 0 bridgehead atoms. The molecule has 0 spiro atoms. The van der Waals surface area contributed by atoms with Gasteiger partial charge in [0.15, 0.2) is 0 Å². The molecule has 0 aliphatic carbocycles. The molecule has 2 heterocycles. The first-order valence-electron chi connectivity index (χ1n) is 9.47. The van der Waals surface area contributed by atoms with Crippen LogP contribution in [0, 0.1) is 0 Å². The van der Waals surface area contributed by atoms with E-state index in [-0.39, 0.29) is 12.0 Å². The van der Waals surface area contributed by atoms with Crippen molar-refractivity contribution in [2.45, 2.75) is 33.0 Å². The van der Waals surface area contributed by atoms with E-state index in [0.717, 1.165) is 54.6 Å². The molecular formula is C20H28N4O2S. The summed E-state index contributed by atoms with van der Waals surface area (Å²) < 4.78 is 5.61. The Balaban J connectivity index is 1.50. The standard InChI is InChI=1S/C20H28N4O2S/c1-3-26-15(2)19-22-18(14-27-19)13-23-8-10-24(11-9-23)20(25)17-6-4-16(12-21)5-7-17/h4-7,14-15H,3,8-13,21H2,1-2H3. The van der Waals surface area contributed by atoms with E-state index in [1.165, 1.54) is 0 Å². The highest BCUT2D eigenvalue weighted by Gasteiger charge is 2.23. The molecule has 7 heteroatoms. The lowest BCUT2D eigenvalue weighted by atomic mass is 10.1. The first-order valence-corrected chi connectivity index (χ1v) is 10.3. The van der Waals surface area contributed by atoms with Crippen LogP contribution in [0.15, 0.2) is 29.6 Å². The van der Waals surface area contributed by atoms with Crippen LogP contribution in [0.3, 0.4) is 0 Å². The van der Waals surface area contributed by atoms with Gasteiger partial charge in [0, 0.05) is 56.8 Å². The zero-order chi connectivity index (χ0) is 19.2. The van der Waals surface area contributed by atoms with Crippen LogP contribution in [0.1, 0.15) is 46.6 Å². The number of rotatable bonds is 7. The van der Waals surface area contributed by atoms with E-state index >= 15 is 0 Å². The van der Waals surface area contributed by atoms with Crippen molar-refractivity contribution in [1.82, 2.24) is 14.8 Å². The number of nitrogens with two attached hydrogens (primary N) is 1. The molecule has 1 fully saturated rings. The zero-order valence-electron chi connectivity index (χ0n) is 16.1. The third-order valence-corrected chi connectivity index (χ3v) is 5.87. The van der Waals surface area contributed by atoms with Crippen molar-refractivity contribution in [3.05, 3.63) is 51.5 Å². The van der Waals surface area contributed by atoms with Gasteiger partial charge in [0.25, 0.3) is 5.91 Å². The summed E-state index contributed by atoms with van der Waals surface area (Å²) in [7, 11) is 0. The molecule has 1 aromatic heterocycles. The number of nitrogens with zero attached hydrogens (tertiary/aromatic N) is 3. The van der Waals surface area contributed by atoms with Crippen molar-refractivity contribution in [2.24, 2.45) is 5.73 Å². The van der Waals surface area contributed by atoms with Crippen molar-refractivity contribution in [3.8, 4) is 0 Å². The van der Waals surface area contributed by atoms with Crippen molar-refractivity contribution in [2.75, 3.05) is 32.8 Å². The average Bonchev–Trinajstić information content (AvgIpc) is 3.17. The van der Waals surface area contributed by atoms with E-state index in [1.807, 2.05) is 43.0 Å². The van der Waals surface area contributed by atoms with E-state index in [4.69, 9.17) is 15.5 Å². The van der Waals surface area contributed by atoms with Gasteiger partial charge in [0.2, 0.25) is 0 Å². The van der Waals surface area contributed by atoms with Crippen LogP contribution in [-0.2, 0) is 17.8 Å². The fraction of sp³-hybridized carbons (Fsp3) is 0.500. The molecule has 2 N–H and O–H groups in total. The average molecular weight is 389 g/mol. The number of thiazole rings is 1. The number of benzene rings is 1. The number of piperazine rings is 1. The predicted molar refractivity (Wildman–Crippen MR) is 108 cm³/mol. The third kappa shape index (κ3) is 5.13. The molecule has 0 saturated carbocycles. The SMILES string of the molecule is CCOC(C)c1nc(CN2CCN(C(=O)c3ccc(CN)cc3)CC2)cs1. The van der Waals surface area contributed by atoms with E-state index in [9.17, 15) is 4.79 Å². The molecule has 27 heavy (non-hydrogen) atoms. The third-order valence-electron chi connectivity index (χ3n) is 4.82. The van der Waals surface area contributed by atoms with Gasteiger partial charge in [-0.2, -0.15) is 0 Å². The van der Waals surface area contributed by atoms with Crippen LogP contribution >= 0.6 is 11.3 Å². The van der Waals surface area contributed by atoms with E-state index in [1.54, 1.807) is 11.3 Å². The predicted octanol–water partition coefficient (Wildman–Crippen LogP) is 2.66. The minimum atomic E-state index is 0.0499. The molecule has 0 radical (unpaired) electrons. The Morgan fingerprint density at radius 1 is 1.26 bits per heavy atom. The number of carbonyl (C=O) groups excluding carboxylic acids is 1. The zero-order valence-corrected chi connectivity index (χ0v) is 16.9. The van der Waals surface area contributed by atoms with Crippen molar-refractivity contribution in [1.29, 1.82) is 0 Å². The van der Waals surface area contributed by atoms with Gasteiger partial charge >= 0.3 is 0 Å². The minimum absolute atomic E-state index is 0.0499. The van der Waals surface area contributed by atoms with Crippen LogP contribution in [-0.4, -0.2) is 53.5 Å². The molecular weight excluding hydrogens is 360 g/mol. The molecule has 146 valence electrons. The Labute approximate surface area is 164 Å². The molecule has 1 atom stereocenters. The number of hydrogen-bond donors (Lipinski definition) is 1. The van der Waals surface area contributed by atoms with Crippen LogP contribution in [0.2, 0.25) is 0 Å². The second-order valence-electron chi connectivity index (χ2n) is 6.74. The van der Waals surface area contributed by atoms with Gasteiger partial charge in [-0.1, -0.05) is 12.1 Å². The molecule has 1 aromatic carbocycles. The summed E-state index contributed by atoms with van der Waals surface area (Å²) in [6.45, 7) is 9.25. The topological polar surface area (TPSA) is 71.7 Å². The second kappa shape index (κ2) is 9.41. The largest absolute Gasteiger partial charge is 0.372 e. The van der Waals surface area contributed by atoms with Gasteiger partial charge < -0.3 is 15.4 Å². The normalized spacial score (nSPS) is 16.5. The number of ether oxygens (including phenoxy) is 1. The van der Waals surface area contributed by atoms with Gasteiger partial charge in [-0.15, -0.1) is 11.3 Å². The number of hydrogen-bond acceptors (Lipinski definition) is 6. The highest BCUT2D eigenvalue weighted by Crippen LogP contribution is 2.22. The van der Waals surface area contributed by atoms with Crippen LogP contribution in [0.4, 0.5) is 0 Å². The smallest absolute Gasteiger partial charge is 0.253 e. The summed E-state index contributed by atoms with van der Waals surface area (Å²) in [6.07, 6.45) is 0.0499. The molecule has 3 rings (SSSR count). The molecule has 2 aromatic rings. The molecule has 1 saturated heterocycles. The maximum absolute atomic E-state index is 12.7. The molecule has 1 aliphatic heterocycles. The van der Waals surface area contributed by atoms with Crippen LogP contribution in [0.25, 0.3) is 0 Å². The summed E-state index contributed by atoms with van der Waals surface area (Å²) >= 11 is 1.66. The van der Waals surface area contributed by atoms with Gasteiger partial charge in [0.1, 0.15) is 11.1 Å². The second-order valence-corrected chi connectivity index (χ2v) is 7.63. The number of aromatic nitrogens is 1. The maximum atomic E-state index is 12.7. The van der Waals surface area contributed by atoms with E-state index in [0.29, 0.717) is 13.2 Å². The Hall–Kier alpha value is -1.80. The number of carbonyl (C=O) groups is 1. The molecule has 1 amide bonds. The van der Waals surface area contributed by atoms with Crippen molar-refractivity contribution < 1.29 is 9.53 Å². The summed E-state index contributed by atoms with van der Waals surface area (Å²) in [5.74, 6) is 0.0969. The maximum Gasteiger partial charge on any atom is 0.253 e. The molecule has 6 nitrogen and oxygen atoms in total. The summed E-state index contributed by atoms with van der Waals surface area (Å²) in [5, 5.41) is 3.14. The van der Waals surface area contributed by atoms with Crippen LogP contribution in [0.5, 0.6) is 0 Å². The van der Waals surface area contributed by atoms with E-state index < -0.39 is 0 Å². The van der Waals surface area contributed by atoms with Crippen molar-refractivity contribution in [3.63, 3.8) is 0 Å². The van der Waals surface area contributed by atoms with Gasteiger partial charge in [-0.3, -0.25) is 9.69 Å². The summed E-state index contributed by atoms with van der Waals surface area (Å²) in [4.78, 5) is 21.6. The first-order chi connectivity index (χ1) is 13.1. The van der Waals surface area contributed by atoms with E-state index in [2.05, 4.69) is 10.3 Å². The Kier molecular flexibility index (Phi) is 6.95. The van der Waals surface area contributed by atoms with Gasteiger partial charge in [-0.05, 0) is 31.5 Å². The summed E-state index contributed by atoms with van der Waals surface area (Å²) in [5.41, 5.74) is 8.47. The Morgan fingerprint density at radius 3 is 2.59 bits per heavy atom. The lowest BCUT2D eigenvalue weighted by Crippen LogP contribution is -2.48. The fourth-order valence-electron chi connectivity index (χ4n) is 3.21. The lowest BCUT2D eigenvalue weighted by Gasteiger charge is -2.34. The minimum Gasteiger partial charge on any atom is -0.372 e. The van der Waals surface area contributed by atoms with Crippen LogP contribution < -0.4 is 5.73 Å². The molecule has 1 aliphatic rings. The Morgan fingerprint density at radius 2 is 1.96 bits per heavy atom. The first kappa shape index (κ1) is 19.9. The quantitative estimate of drug-likeness (QED) is 0.790. The van der Waals surface area contributed by atoms with Gasteiger partial charge in [-0.25, -0.2) is 4.98 Å². The lowest BCUT2D eigenvalue weighted by molar-refractivity contribution is 0.0625.